The molecule has 0 radical (unpaired) electrons. The number of hydrogen-bond donors (Lipinski definition) is 0. The number of halogens is 5. The van der Waals surface area contributed by atoms with E-state index in [2.05, 4.69) is 31.9 Å². The molecule has 0 aliphatic heterocycles. The average molecular weight is 280 g/mol. The van der Waals surface area contributed by atoms with Crippen molar-refractivity contribution in [2.45, 2.75) is 3.64 Å². The van der Waals surface area contributed by atoms with Gasteiger partial charge in [-0.3, -0.25) is 0 Å². The Balaban J connectivity index is 0. The van der Waals surface area contributed by atoms with Crippen LogP contribution in [0.15, 0.2) is 0 Å². The van der Waals surface area contributed by atoms with Crippen LogP contribution in [0.1, 0.15) is 0 Å². The molecular formula is CHBBr2F3K. The van der Waals surface area contributed by atoms with Crippen molar-refractivity contribution in [3.05, 3.63) is 0 Å². The van der Waals surface area contributed by atoms with E-state index in [0.717, 1.165) is 0 Å². The third-order valence-electron chi connectivity index (χ3n) is 0.286. The van der Waals surface area contributed by atoms with Crippen molar-refractivity contribution in [1.29, 1.82) is 0 Å². The second kappa shape index (κ2) is 5.15. The Morgan fingerprint density at radius 3 is 1.25 bits per heavy atom. The van der Waals surface area contributed by atoms with Gasteiger partial charge in [-0.15, -0.1) is 31.9 Å². The van der Waals surface area contributed by atoms with E-state index in [1.54, 1.807) is 0 Å². The first kappa shape index (κ1) is 13.1. The van der Waals surface area contributed by atoms with Gasteiger partial charge < -0.3 is 12.9 Å². The summed E-state index contributed by atoms with van der Waals surface area (Å²) in [5.74, 6) is 0. The van der Waals surface area contributed by atoms with Gasteiger partial charge in [0, 0.05) is 3.64 Å². The first-order chi connectivity index (χ1) is 2.94. The molecule has 0 bridgehead atoms. The third kappa shape index (κ3) is 6.57. The molecule has 0 amide bonds. The third-order valence-corrected chi connectivity index (χ3v) is 1.48. The first-order valence-electron chi connectivity index (χ1n) is 1.42. The molecule has 0 spiro atoms. The van der Waals surface area contributed by atoms with Crippen molar-refractivity contribution in [1.82, 2.24) is 0 Å². The van der Waals surface area contributed by atoms with Crippen molar-refractivity contribution in [3.8, 4) is 0 Å². The van der Waals surface area contributed by atoms with Crippen molar-refractivity contribution in [3.63, 3.8) is 0 Å². The van der Waals surface area contributed by atoms with Gasteiger partial charge in [-0.1, -0.05) is 0 Å². The molecule has 44 valence electrons. The molecule has 0 fully saturated rings. The maximum Gasteiger partial charge on any atom is 1.00 e. The molecule has 8 heavy (non-hydrogen) atoms. The second-order valence-corrected chi connectivity index (χ2v) is 4.16. The molecule has 0 nitrogen and oxygen atoms in total. The molecule has 0 N–H and O–H groups in total. The summed E-state index contributed by atoms with van der Waals surface area (Å²) in [6.07, 6.45) is 0. The minimum atomic E-state index is -4.72. The predicted molar refractivity (Wildman–Crippen MR) is 30.7 cm³/mol. The van der Waals surface area contributed by atoms with Crippen LogP contribution in [0.2, 0.25) is 0 Å². The second-order valence-electron chi connectivity index (χ2n) is 0.960. The molecule has 0 aromatic heterocycles. The fraction of sp³-hybridized carbons (Fsp3) is 1.00. The molecule has 0 aromatic rings. The van der Waals surface area contributed by atoms with E-state index in [0.29, 0.717) is 0 Å². The van der Waals surface area contributed by atoms with Crippen LogP contribution >= 0.6 is 31.9 Å². The topological polar surface area (TPSA) is 0 Å². The van der Waals surface area contributed by atoms with E-state index in [4.69, 9.17) is 0 Å². The molecule has 0 rings (SSSR count). The summed E-state index contributed by atoms with van der Waals surface area (Å²) in [6, 6.07) is 0. The SMILES string of the molecule is F[B-](F)(F)C(Br)Br.[K+]. The van der Waals surface area contributed by atoms with E-state index in [9.17, 15) is 12.9 Å². The van der Waals surface area contributed by atoms with Crippen molar-refractivity contribution < 1.29 is 64.3 Å². The maximum atomic E-state index is 11.1. The summed E-state index contributed by atoms with van der Waals surface area (Å²) >= 11 is 4.63. The van der Waals surface area contributed by atoms with Gasteiger partial charge in [0.2, 0.25) is 0 Å². The van der Waals surface area contributed by atoms with Gasteiger partial charge in [-0.2, -0.15) is 0 Å². The zero-order chi connectivity index (χ0) is 6.08. The zero-order valence-electron chi connectivity index (χ0n) is 4.04. The summed E-state index contributed by atoms with van der Waals surface area (Å²) in [5.41, 5.74) is 0. The molecule has 0 atom stereocenters. The minimum absolute atomic E-state index is 0. The van der Waals surface area contributed by atoms with Crippen molar-refractivity contribution in [2.75, 3.05) is 0 Å². The van der Waals surface area contributed by atoms with Crippen LogP contribution in [-0.2, 0) is 0 Å². The molecule has 0 aliphatic rings. The molecule has 0 heterocycles. The summed E-state index contributed by atoms with van der Waals surface area (Å²) in [4.78, 5) is 0. The van der Waals surface area contributed by atoms with Crippen LogP contribution < -0.4 is 51.4 Å². The average Bonchev–Trinajstić information content (AvgIpc) is 1.31. The van der Waals surface area contributed by atoms with Gasteiger partial charge in [-0.25, -0.2) is 0 Å². The van der Waals surface area contributed by atoms with Crippen LogP contribution in [0.4, 0.5) is 12.9 Å². The zero-order valence-corrected chi connectivity index (χ0v) is 10.3. The van der Waals surface area contributed by atoms with E-state index < -0.39 is 10.6 Å². The van der Waals surface area contributed by atoms with Gasteiger partial charge >= 0.3 is 58.4 Å². The molecule has 0 unspecified atom stereocenters. The van der Waals surface area contributed by atoms with Gasteiger partial charge in [0.05, 0.1) is 0 Å². The van der Waals surface area contributed by atoms with Crippen LogP contribution in [0.5, 0.6) is 0 Å². The summed E-state index contributed by atoms with van der Waals surface area (Å²) in [7, 11) is 0. The Morgan fingerprint density at radius 2 is 1.25 bits per heavy atom. The van der Waals surface area contributed by atoms with Crippen LogP contribution in [0.25, 0.3) is 0 Å². The quantitative estimate of drug-likeness (QED) is 0.448. The molecule has 0 aliphatic carbocycles. The van der Waals surface area contributed by atoms with E-state index in [1.165, 1.54) is 0 Å². The number of alkyl halides is 2. The Bertz CT molecular complexity index is 62.8. The molecule has 0 aromatic carbocycles. The number of rotatable bonds is 1. The van der Waals surface area contributed by atoms with Crippen molar-refractivity contribution >= 4 is 38.8 Å². The fourth-order valence-electron chi connectivity index (χ4n) is 0. The minimum Gasteiger partial charge on any atom is -0.448 e. The maximum absolute atomic E-state index is 11.1. The fourth-order valence-corrected chi connectivity index (χ4v) is 0. The van der Waals surface area contributed by atoms with Crippen LogP contribution in [-0.4, -0.2) is 10.6 Å². The van der Waals surface area contributed by atoms with Crippen LogP contribution in [0, 0.1) is 0 Å². The number of hydrogen-bond acceptors (Lipinski definition) is 0. The molecule has 0 saturated carbocycles. The van der Waals surface area contributed by atoms with Gasteiger partial charge in [0.15, 0.2) is 0 Å². The molecule has 0 saturated heterocycles. The van der Waals surface area contributed by atoms with Crippen molar-refractivity contribution in [2.24, 2.45) is 0 Å². The van der Waals surface area contributed by atoms with Crippen LogP contribution in [0.3, 0.4) is 0 Å². The van der Waals surface area contributed by atoms with Gasteiger partial charge in [0.25, 0.3) is 0 Å². The first-order valence-corrected chi connectivity index (χ1v) is 3.26. The van der Waals surface area contributed by atoms with E-state index in [-0.39, 0.29) is 51.4 Å². The normalized spacial score (nSPS) is 11.2. The smallest absolute Gasteiger partial charge is 0.448 e. The Kier molecular flexibility index (Phi) is 8.41. The Morgan fingerprint density at radius 1 is 1.12 bits per heavy atom. The Hall–Kier alpha value is 2.45. The Labute approximate surface area is 105 Å². The molecule has 7 heteroatoms. The summed E-state index contributed by atoms with van der Waals surface area (Å²) in [6.45, 7) is -4.72. The predicted octanol–water partition coefficient (Wildman–Crippen LogP) is -0.507. The largest absolute Gasteiger partial charge is 1.00 e. The summed E-state index contributed by atoms with van der Waals surface area (Å²) in [5, 5.41) is 0. The van der Waals surface area contributed by atoms with Gasteiger partial charge in [-0.05, 0) is 0 Å². The molecular weight excluding hydrogens is 279 g/mol. The monoisotopic (exact) mass is 278 g/mol. The van der Waals surface area contributed by atoms with E-state index >= 15 is 0 Å². The summed E-state index contributed by atoms with van der Waals surface area (Å²) < 4.78 is 31.9. The standard InChI is InChI=1S/CHBBr2F3.K/c3-1(4)2(5,6)7;/h1H;/q-1;+1. The van der Waals surface area contributed by atoms with E-state index in [1.807, 2.05) is 0 Å². The van der Waals surface area contributed by atoms with Gasteiger partial charge in [0.1, 0.15) is 0 Å².